The van der Waals surface area contributed by atoms with Crippen LogP contribution in [0.25, 0.3) is 5.65 Å². The summed E-state index contributed by atoms with van der Waals surface area (Å²) in [6.45, 7) is 1.63. The summed E-state index contributed by atoms with van der Waals surface area (Å²) in [6, 6.07) is 3.83. The predicted molar refractivity (Wildman–Crippen MR) is 62.3 cm³/mol. The van der Waals surface area contributed by atoms with Crippen LogP contribution in [0.15, 0.2) is 18.3 Å². The van der Waals surface area contributed by atoms with Gasteiger partial charge in [0, 0.05) is 31.4 Å². The van der Waals surface area contributed by atoms with E-state index in [1.165, 1.54) is 0 Å². The fourth-order valence-electron chi connectivity index (χ4n) is 2.25. The van der Waals surface area contributed by atoms with Gasteiger partial charge in [0.2, 0.25) is 0 Å². The lowest BCUT2D eigenvalue weighted by Gasteiger charge is -2.20. The average Bonchev–Trinajstić information content (AvgIpc) is 2.82. The highest BCUT2D eigenvalue weighted by Crippen LogP contribution is 2.26. The first kappa shape index (κ1) is 10.5. The van der Waals surface area contributed by atoms with Crippen LogP contribution < -0.4 is 4.74 Å². The first-order chi connectivity index (χ1) is 8.38. The minimum absolute atomic E-state index is 0.451. The summed E-state index contributed by atoms with van der Waals surface area (Å²) in [5, 5.41) is 8.49. The van der Waals surface area contributed by atoms with Crippen molar-refractivity contribution in [3.8, 4) is 5.75 Å². The Labute approximate surface area is 99.4 Å². The lowest BCUT2D eigenvalue weighted by atomic mass is 10.00. The topological polar surface area (TPSA) is 48.7 Å². The molecule has 0 spiro atoms. The van der Waals surface area contributed by atoms with E-state index >= 15 is 0 Å². The largest absolute Gasteiger partial charge is 0.497 e. The summed E-state index contributed by atoms with van der Waals surface area (Å²) >= 11 is 0. The average molecular weight is 233 g/mol. The summed E-state index contributed by atoms with van der Waals surface area (Å²) in [6.07, 6.45) is 4.01. The molecule has 3 rings (SSSR count). The predicted octanol–water partition coefficient (Wildman–Crippen LogP) is 1.63. The van der Waals surface area contributed by atoms with Crippen molar-refractivity contribution >= 4 is 5.65 Å². The number of pyridine rings is 1. The molecule has 0 bridgehead atoms. The second-order valence-corrected chi connectivity index (χ2v) is 4.24. The standard InChI is InChI=1S/C12H15N3O2/c1-16-10-2-5-15-11(8-10)13-14-12(15)9-3-6-17-7-4-9/h2,5,8-9H,3-4,6-7H2,1H3. The van der Waals surface area contributed by atoms with E-state index in [4.69, 9.17) is 9.47 Å². The number of rotatable bonds is 2. The van der Waals surface area contributed by atoms with E-state index < -0.39 is 0 Å². The number of nitrogens with zero attached hydrogens (tertiary/aromatic N) is 3. The van der Waals surface area contributed by atoms with Gasteiger partial charge in [-0.3, -0.25) is 4.40 Å². The molecule has 17 heavy (non-hydrogen) atoms. The molecule has 0 unspecified atom stereocenters. The van der Waals surface area contributed by atoms with E-state index in [1.807, 2.05) is 22.7 Å². The summed E-state index contributed by atoms with van der Waals surface area (Å²) in [7, 11) is 1.65. The number of ether oxygens (including phenoxy) is 2. The molecule has 1 aliphatic rings. The quantitative estimate of drug-likeness (QED) is 0.791. The number of methoxy groups -OCH3 is 1. The fraction of sp³-hybridized carbons (Fsp3) is 0.500. The molecular weight excluding hydrogens is 218 g/mol. The maximum atomic E-state index is 5.37. The van der Waals surface area contributed by atoms with Gasteiger partial charge < -0.3 is 9.47 Å². The van der Waals surface area contributed by atoms with Crippen LogP contribution in [0.2, 0.25) is 0 Å². The SMILES string of the molecule is COc1ccn2c(C3CCOCC3)nnc2c1. The molecule has 0 amide bonds. The zero-order valence-corrected chi connectivity index (χ0v) is 9.80. The molecule has 0 aromatic carbocycles. The minimum Gasteiger partial charge on any atom is -0.497 e. The Balaban J connectivity index is 1.99. The lowest BCUT2D eigenvalue weighted by molar-refractivity contribution is 0.0834. The molecule has 3 heterocycles. The van der Waals surface area contributed by atoms with Crippen molar-refractivity contribution in [2.45, 2.75) is 18.8 Å². The highest BCUT2D eigenvalue weighted by molar-refractivity contribution is 5.44. The summed E-state index contributed by atoms with van der Waals surface area (Å²) in [5.41, 5.74) is 0.839. The number of aromatic nitrogens is 3. The Bertz CT molecular complexity index is 517. The van der Waals surface area contributed by atoms with Gasteiger partial charge in [-0.1, -0.05) is 0 Å². The minimum atomic E-state index is 0.451. The summed E-state index contributed by atoms with van der Waals surface area (Å²) in [4.78, 5) is 0. The molecule has 0 N–H and O–H groups in total. The van der Waals surface area contributed by atoms with Crippen LogP contribution in [-0.2, 0) is 4.74 Å². The maximum absolute atomic E-state index is 5.37. The van der Waals surface area contributed by atoms with Crippen LogP contribution in [0.1, 0.15) is 24.6 Å². The zero-order chi connectivity index (χ0) is 11.7. The summed E-state index contributed by atoms with van der Waals surface area (Å²) < 4.78 is 12.6. The molecular formula is C12H15N3O2. The third-order valence-electron chi connectivity index (χ3n) is 3.23. The highest BCUT2D eigenvalue weighted by Gasteiger charge is 2.21. The normalized spacial score (nSPS) is 17.5. The van der Waals surface area contributed by atoms with Gasteiger partial charge in [-0.05, 0) is 18.9 Å². The monoisotopic (exact) mass is 233 g/mol. The van der Waals surface area contributed by atoms with E-state index in [-0.39, 0.29) is 0 Å². The smallest absolute Gasteiger partial charge is 0.164 e. The van der Waals surface area contributed by atoms with Crippen molar-refractivity contribution in [1.82, 2.24) is 14.6 Å². The van der Waals surface area contributed by atoms with Gasteiger partial charge >= 0.3 is 0 Å². The fourth-order valence-corrected chi connectivity index (χ4v) is 2.25. The molecule has 2 aromatic heterocycles. The van der Waals surface area contributed by atoms with Gasteiger partial charge in [0.05, 0.1) is 7.11 Å². The van der Waals surface area contributed by atoms with Crippen molar-refractivity contribution in [2.24, 2.45) is 0 Å². The van der Waals surface area contributed by atoms with Crippen LogP contribution >= 0.6 is 0 Å². The zero-order valence-electron chi connectivity index (χ0n) is 9.80. The Kier molecular flexibility index (Phi) is 2.68. The number of hydrogen-bond donors (Lipinski definition) is 0. The second kappa shape index (κ2) is 4.33. The van der Waals surface area contributed by atoms with Crippen LogP contribution in [0.3, 0.4) is 0 Å². The highest BCUT2D eigenvalue weighted by atomic mass is 16.5. The lowest BCUT2D eigenvalue weighted by Crippen LogP contribution is -2.16. The molecule has 1 saturated heterocycles. The van der Waals surface area contributed by atoms with Gasteiger partial charge in [0.25, 0.3) is 0 Å². The Morgan fingerprint density at radius 2 is 2.18 bits per heavy atom. The van der Waals surface area contributed by atoms with Crippen molar-refractivity contribution < 1.29 is 9.47 Å². The first-order valence-electron chi connectivity index (χ1n) is 5.85. The number of hydrogen-bond acceptors (Lipinski definition) is 4. The molecule has 1 aliphatic heterocycles. The Morgan fingerprint density at radius 3 is 2.94 bits per heavy atom. The van der Waals surface area contributed by atoms with Crippen molar-refractivity contribution in [1.29, 1.82) is 0 Å². The van der Waals surface area contributed by atoms with Gasteiger partial charge in [-0.15, -0.1) is 10.2 Å². The maximum Gasteiger partial charge on any atom is 0.164 e. The van der Waals surface area contributed by atoms with Gasteiger partial charge in [-0.2, -0.15) is 0 Å². The molecule has 0 radical (unpaired) electrons. The third-order valence-corrected chi connectivity index (χ3v) is 3.23. The van der Waals surface area contributed by atoms with Gasteiger partial charge in [0.15, 0.2) is 5.65 Å². The Morgan fingerprint density at radius 1 is 1.35 bits per heavy atom. The van der Waals surface area contributed by atoms with Crippen LogP contribution in [0.4, 0.5) is 0 Å². The molecule has 5 nitrogen and oxygen atoms in total. The Hall–Kier alpha value is -1.62. The van der Waals surface area contributed by atoms with E-state index in [2.05, 4.69) is 10.2 Å². The molecule has 90 valence electrons. The van der Waals surface area contributed by atoms with Gasteiger partial charge in [-0.25, -0.2) is 0 Å². The van der Waals surface area contributed by atoms with Crippen molar-refractivity contribution in [3.63, 3.8) is 0 Å². The van der Waals surface area contributed by atoms with E-state index in [9.17, 15) is 0 Å². The summed E-state index contributed by atoms with van der Waals surface area (Å²) in [5.74, 6) is 2.29. The molecule has 0 saturated carbocycles. The second-order valence-electron chi connectivity index (χ2n) is 4.24. The molecule has 0 atom stereocenters. The molecule has 5 heteroatoms. The van der Waals surface area contributed by atoms with Crippen LogP contribution in [0, 0.1) is 0 Å². The first-order valence-corrected chi connectivity index (χ1v) is 5.85. The van der Waals surface area contributed by atoms with E-state index in [0.29, 0.717) is 5.92 Å². The van der Waals surface area contributed by atoms with Crippen LogP contribution in [0.5, 0.6) is 5.75 Å². The van der Waals surface area contributed by atoms with Crippen molar-refractivity contribution in [3.05, 3.63) is 24.2 Å². The van der Waals surface area contributed by atoms with E-state index in [0.717, 1.165) is 43.3 Å². The van der Waals surface area contributed by atoms with Crippen LogP contribution in [-0.4, -0.2) is 34.9 Å². The molecule has 0 aliphatic carbocycles. The molecule has 2 aromatic rings. The number of fused-ring (bicyclic) bond motifs is 1. The molecule has 1 fully saturated rings. The van der Waals surface area contributed by atoms with Gasteiger partial charge in [0.1, 0.15) is 11.6 Å². The van der Waals surface area contributed by atoms with E-state index in [1.54, 1.807) is 7.11 Å². The van der Waals surface area contributed by atoms with Crippen molar-refractivity contribution in [2.75, 3.05) is 20.3 Å². The third kappa shape index (κ3) is 1.86.